The first kappa shape index (κ1) is 42.4. The molecule has 15 nitrogen and oxygen atoms in total. The van der Waals surface area contributed by atoms with E-state index >= 15 is 0 Å². The number of hydrogen-bond acceptors (Lipinski definition) is 9. The molecule has 53 heavy (non-hydrogen) atoms. The molecular formula is C38H54N6O9. The molecule has 0 bridgehead atoms. The number of rotatable bonds is 15. The van der Waals surface area contributed by atoms with Gasteiger partial charge in [-0.2, -0.15) is 0 Å². The number of benzene rings is 1. The molecule has 0 spiro atoms. The first-order chi connectivity index (χ1) is 24.5. The van der Waals surface area contributed by atoms with E-state index in [9.17, 15) is 38.7 Å². The van der Waals surface area contributed by atoms with Crippen LogP contribution in [-0.4, -0.2) is 99.4 Å². The van der Waals surface area contributed by atoms with Gasteiger partial charge in [-0.05, 0) is 36.9 Å². The van der Waals surface area contributed by atoms with E-state index in [-0.39, 0.29) is 30.2 Å². The largest absolute Gasteiger partial charge is 0.480 e. The van der Waals surface area contributed by atoms with Crippen LogP contribution in [0.15, 0.2) is 42.1 Å². The minimum absolute atomic E-state index is 0.0660. The number of aromatic nitrogens is 1. The summed E-state index contributed by atoms with van der Waals surface area (Å²) in [6, 6.07) is 3.86. The van der Waals surface area contributed by atoms with Crippen LogP contribution in [0.1, 0.15) is 80.2 Å². The van der Waals surface area contributed by atoms with Gasteiger partial charge in [-0.15, -0.1) is 5.06 Å². The van der Waals surface area contributed by atoms with Gasteiger partial charge in [0, 0.05) is 55.0 Å². The van der Waals surface area contributed by atoms with Gasteiger partial charge in [0.2, 0.25) is 17.7 Å². The number of nitrogens with one attached hydrogen (secondary N) is 3. The van der Waals surface area contributed by atoms with Gasteiger partial charge in [0.1, 0.15) is 12.1 Å². The average Bonchev–Trinajstić information content (AvgIpc) is 3.58. The van der Waals surface area contributed by atoms with E-state index in [1.807, 2.05) is 90.5 Å². The Kier molecular flexibility index (Phi) is 13.4. The summed E-state index contributed by atoms with van der Waals surface area (Å²) >= 11 is 0. The zero-order valence-electron chi connectivity index (χ0n) is 32.5. The van der Waals surface area contributed by atoms with Crippen molar-refractivity contribution in [3.8, 4) is 0 Å². The maximum atomic E-state index is 14.3. The third-order valence-electron chi connectivity index (χ3n) is 9.69. The van der Waals surface area contributed by atoms with Gasteiger partial charge in [0.05, 0.1) is 18.5 Å². The van der Waals surface area contributed by atoms with Gasteiger partial charge in [-0.25, -0.2) is 9.59 Å². The quantitative estimate of drug-likeness (QED) is 0.156. The Morgan fingerprint density at radius 1 is 0.981 bits per heavy atom. The lowest BCUT2D eigenvalue weighted by Gasteiger charge is -2.39. The molecule has 2 heterocycles. The second-order valence-electron chi connectivity index (χ2n) is 15.6. The molecule has 1 fully saturated rings. The molecule has 1 aliphatic rings. The molecule has 4 N–H and O–H groups in total. The highest BCUT2D eigenvalue weighted by Gasteiger charge is 2.43. The van der Waals surface area contributed by atoms with E-state index in [1.165, 1.54) is 17.9 Å². The number of likely N-dealkylation sites (N-methyl/N-ethyl adjacent to an activating group) is 2. The van der Waals surface area contributed by atoms with Crippen molar-refractivity contribution in [2.24, 2.45) is 18.4 Å². The van der Waals surface area contributed by atoms with E-state index in [1.54, 1.807) is 14.1 Å². The highest BCUT2D eigenvalue weighted by Crippen LogP contribution is 2.35. The predicted octanol–water partition coefficient (Wildman–Crippen LogP) is 2.57. The summed E-state index contributed by atoms with van der Waals surface area (Å²) in [7, 11) is 5.24. The molecule has 1 aromatic carbocycles. The summed E-state index contributed by atoms with van der Waals surface area (Å²) in [6.45, 7) is 14.6. The van der Waals surface area contributed by atoms with E-state index < -0.39 is 77.0 Å². The second kappa shape index (κ2) is 16.7. The highest BCUT2D eigenvalue weighted by atomic mass is 16.7. The molecule has 1 aromatic heterocycles. The minimum Gasteiger partial charge on any atom is -0.480 e. The summed E-state index contributed by atoms with van der Waals surface area (Å²) in [6.07, 6.45) is 2.43. The Morgan fingerprint density at radius 2 is 1.57 bits per heavy atom. The van der Waals surface area contributed by atoms with Crippen LogP contribution in [-0.2, 0) is 50.9 Å². The monoisotopic (exact) mass is 738 g/mol. The van der Waals surface area contributed by atoms with Crippen molar-refractivity contribution in [1.82, 2.24) is 30.5 Å². The summed E-state index contributed by atoms with van der Waals surface area (Å²) in [4.78, 5) is 95.7. The molecular weight excluding hydrogens is 684 g/mol. The fourth-order valence-electron chi connectivity index (χ4n) is 6.57. The number of carbonyl (C=O) groups is 7. The van der Waals surface area contributed by atoms with Crippen molar-refractivity contribution in [2.45, 2.75) is 104 Å². The summed E-state index contributed by atoms with van der Waals surface area (Å²) < 4.78 is 2.02. The normalized spacial score (nSPS) is 16.3. The van der Waals surface area contributed by atoms with Crippen molar-refractivity contribution in [3.63, 3.8) is 0 Å². The van der Waals surface area contributed by atoms with Crippen molar-refractivity contribution in [2.75, 3.05) is 14.1 Å². The van der Waals surface area contributed by atoms with Gasteiger partial charge in [-0.3, -0.25) is 24.0 Å². The Balaban J connectivity index is 1.81. The van der Waals surface area contributed by atoms with Crippen molar-refractivity contribution in [1.29, 1.82) is 0 Å². The van der Waals surface area contributed by atoms with Crippen LogP contribution in [0.25, 0.3) is 10.9 Å². The predicted molar refractivity (Wildman–Crippen MR) is 197 cm³/mol. The van der Waals surface area contributed by atoms with E-state index in [0.29, 0.717) is 5.06 Å². The van der Waals surface area contributed by atoms with Crippen molar-refractivity contribution < 1.29 is 43.5 Å². The smallest absolute Gasteiger partial charge is 0.335 e. The molecule has 0 unspecified atom stereocenters. The summed E-state index contributed by atoms with van der Waals surface area (Å²) in [5.74, 6) is -5.99. The molecule has 3 rings (SSSR count). The van der Waals surface area contributed by atoms with Crippen molar-refractivity contribution >= 4 is 52.4 Å². The molecule has 0 radical (unpaired) electrons. The van der Waals surface area contributed by atoms with Gasteiger partial charge in [0.15, 0.2) is 0 Å². The maximum Gasteiger partial charge on any atom is 0.335 e. The standard InChI is InChI=1S/C38H54N6O9/c1-21(2)27(18-22(3)33(48)40-25(36(51)52)19-30(47)53-44-28(45)16-17-29(44)46)43(11)35(50)32(37(4,5)6)41-34(49)31(39-9)38(7,8)24-20-42(10)26-15-13-12-14-23(24)26/h12-15,18,20-21,25,27,31-32,39H,16-17,19H2,1-11H3,(H,40,48)(H,41,49)(H,51,52)/b22-18+/t25-,27-,31-,32-/m1/s1. The van der Waals surface area contributed by atoms with Crippen LogP contribution < -0.4 is 16.0 Å². The van der Waals surface area contributed by atoms with Crippen LogP contribution in [0.5, 0.6) is 0 Å². The summed E-state index contributed by atoms with van der Waals surface area (Å²) in [5.41, 5.74) is 0.641. The first-order valence-electron chi connectivity index (χ1n) is 17.6. The lowest BCUT2D eigenvalue weighted by atomic mass is 9.76. The number of hydrogen-bond donors (Lipinski definition) is 4. The lowest BCUT2D eigenvalue weighted by Crippen LogP contribution is -2.61. The van der Waals surface area contributed by atoms with Crippen molar-refractivity contribution in [3.05, 3.63) is 47.7 Å². The first-order valence-corrected chi connectivity index (χ1v) is 17.6. The van der Waals surface area contributed by atoms with Crippen LogP contribution in [0, 0.1) is 11.3 Å². The minimum atomic E-state index is -1.73. The SMILES string of the molecule is CN[C@H](C(=O)N[C@H](C(=O)N(C)[C@H](/C=C(\C)C(=O)N[C@H](CC(=O)ON1C(=O)CCC1=O)C(=O)O)C(C)C)C(C)(C)C)C(C)(C)c1cn(C)c2ccccc12. The number of aryl methyl sites for hydroxylation is 1. The fourth-order valence-corrected chi connectivity index (χ4v) is 6.57. The number of amides is 5. The lowest BCUT2D eigenvalue weighted by molar-refractivity contribution is -0.198. The highest BCUT2D eigenvalue weighted by molar-refractivity contribution is 6.02. The average molecular weight is 739 g/mol. The van der Waals surface area contributed by atoms with Crippen LogP contribution >= 0.6 is 0 Å². The van der Waals surface area contributed by atoms with E-state index in [0.717, 1.165) is 16.5 Å². The van der Waals surface area contributed by atoms with Crippen LogP contribution in [0.4, 0.5) is 0 Å². The van der Waals surface area contributed by atoms with Crippen LogP contribution in [0.3, 0.4) is 0 Å². The Hall–Kier alpha value is -5.05. The third-order valence-corrected chi connectivity index (χ3v) is 9.69. The molecule has 290 valence electrons. The number of hydroxylamine groups is 2. The number of fused-ring (bicyclic) bond motifs is 1. The number of nitrogens with zero attached hydrogens (tertiary/aromatic N) is 3. The topological polar surface area (TPSA) is 196 Å². The van der Waals surface area contributed by atoms with E-state index in [2.05, 4.69) is 16.0 Å². The van der Waals surface area contributed by atoms with Gasteiger partial charge >= 0.3 is 11.9 Å². The molecule has 0 aliphatic carbocycles. The molecule has 2 aromatic rings. The Labute approximate surface area is 310 Å². The molecule has 15 heteroatoms. The number of imide groups is 1. The molecule has 1 saturated heterocycles. The van der Waals surface area contributed by atoms with Gasteiger partial charge in [-0.1, -0.05) is 72.7 Å². The zero-order valence-corrected chi connectivity index (χ0v) is 32.5. The molecule has 0 saturated carbocycles. The third kappa shape index (κ3) is 9.69. The number of para-hydroxylation sites is 1. The zero-order chi connectivity index (χ0) is 40.2. The maximum absolute atomic E-state index is 14.3. The molecule has 1 aliphatic heterocycles. The number of aliphatic carboxylic acids is 1. The summed E-state index contributed by atoms with van der Waals surface area (Å²) in [5, 5.41) is 19.5. The van der Waals surface area contributed by atoms with E-state index in [4.69, 9.17) is 4.84 Å². The number of carboxylic acids is 1. The van der Waals surface area contributed by atoms with Crippen LogP contribution in [0.2, 0.25) is 0 Å². The number of carbonyl (C=O) groups excluding carboxylic acids is 6. The van der Waals surface area contributed by atoms with Gasteiger partial charge < -0.3 is 35.4 Å². The van der Waals surface area contributed by atoms with Gasteiger partial charge in [0.25, 0.3) is 11.8 Å². The number of carboxylic acid groups (broad SMARTS) is 1. The molecule has 5 amide bonds. The Morgan fingerprint density at radius 3 is 2.09 bits per heavy atom. The Bertz CT molecular complexity index is 1770. The molecule has 4 atom stereocenters. The second-order valence-corrected chi connectivity index (χ2v) is 15.6. The fraction of sp³-hybridized carbons (Fsp3) is 0.553.